The second-order valence-electron chi connectivity index (χ2n) is 6.02. The first kappa shape index (κ1) is 20.0. The van der Waals surface area contributed by atoms with Crippen LogP contribution in [0.3, 0.4) is 0 Å². The highest BCUT2D eigenvalue weighted by Gasteiger charge is 2.33. The normalized spacial score (nSPS) is 15.9. The minimum Gasteiger partial charge on any atom is -0.497 e. The van der Waals surface area contributed by atoms with Gasteiger partial charge in [0.25, 0.3) is 0 Å². The average molecular weight is 404 g/mol. The van der Waals surface area contributed by atoms with Gasteiger partial charge in [-0.3, -0.25) is 0 Å². The van der Waals surface area contributed by atoms with E-state index in [0.717, 1.165) is 11.3 Å². The van der Waals surface area contributed by atoms with Crippen LogP contribution in [0.15, 0.2) is 36.4 Å². The second-order valence-corrected chi connectivity index (χ2v) is 7.21. The van der Waals surface area contributed by atoms with Crippen LogP contribution in [0.4, 0.5) is 10.5 Å². The third-order valence-corrected chi connectivity index (χ3v) is 5.75. The number of hydrogen-bond acceptors (Lipinski definition) is 6. The average Bonchev–Trinajstić information content (AvgIpc) is 3.23. The quantitative estimate of drug-likeness (QED) is 0.785. The van der Waals surface area contributed by atoms with Gasteiger partial charge in [0, 0.05) is 30.0 Å². The zero-order valence-corrected chi connectivity index (χ0v) is 17.2. The smallest absolute Gasteiger partial charge is 0.323 e. The van der Waals surface area contributed by atoms with Crippen LogP contribution in [0.2, 0.25) is 0 Å². The van der Waals surface area contributed by atoms with E-state index in [1.54, 1.807) is 63.3 Å². The van der Waals surface area contributed by atoms with E-state index in [-0.39, 0.29) is 11.4 Å². The summed E-state index contributed by atoms with van der Waals surface area (Å²) in [6.07, 6.45) is 0. The number of nitrogens with zero attached hydrogens (tertiary/aromatic N) is 1. The van der Waals surface area contributed by atoms with E-state index >= 15 is 0 Å². The van der Waals surface area contributed by atoms with E-state index in [2.05, 4.69) is 5.32 Å². The number of carbonyl (C=O) groups is 1. The first-order valence-corrected chi connectivity index (χ1v) is 9.79. The Labute approximate surface area is 168 Å². The summed E-state index contributed by atoms with van der Waals surface area (Å²) in [7, 11) is 6.37. The van der Waals surface area contributed by atoms with Gasteiger partial charge in [0.2, 0.25) is 0 Å². The lowest BCUT2D eigenvalue weighted by atomic mass is 10.1. The molecule has 1 aliphatic rings. The summed E-state index contributed by atoms with van der Waals surface area (Å²) in [5.41, 5.74) is 1.52. The van der Waals surface area contributed by atoms with E-state index in [1.807, 2.05) is 18.2 Å². The Morgan fingerprint density at radius 3 is 2.25 bits per heavy atom. The van der Waals surface area contributed by atoms with Gasteiger partial charge in [-0.15, -0.1) is 11.8 Å². The molecule has 1 aliphatic heterocycles. The summed E-state index contributed by atoms with van der Waals surface area (Å²) in [6.45, 7) is 0.634. The van der Waals surface area contributed by atoms with Gasteiger partial charge in [-0.05, 0) is 24.3 Å². The third-order valence-electron chi connectivity index (χ3n) is 4.51. The Morgan fingerprint density at radius 2 is 1.61 bits per heavy atom. The van der Waals surface area contributed by atoms with E-state index in [1.165, 1.54) is 0 Å². The number of urea groups is 1. The standard InChI is InChI=1S/C20H24N2O5S/c1-24-13-5-7-15(17(11-13)26-3)19-22(9-10-28-19)20(23)21-16-8-6-14(25-2)12-18(16)27-4/h5-8,11-12,19H,9-10H2,1-4H3,(H,21,23). The van der Waals surface area contributed by atoms with Crippen LogP contribution in [0.25, 0.3) is 0 Å². The lowest BCUT2D eigenvalue weighted by molar-refractivity contribution is 0.213. The largest absolute Gasteiger partial charge is 0.497 e. The Morgan fingerprint density at radius 1 is 0.964 bits per heavy atom. The van der Waals surface area contributed by atoms with Gasteiger partial charge < -0.3 is 29.2 Å². The molecule has 7 nitrogen and oxygen atoms in total. The van der Waals surface area contributed by atoms with Crippen LogP contribution in [0.5, 0.6) is 23.0 Å². The van der Waals surface area contributed by atoms with Crippen LogP contribution >= 0.6 is 11.8 Å². The van der Waals surface area contributed by atoms with E-state index in [9.17, 15) is 4.79 Å². The topological polar surface area (TPSA) is 69.3 Å². The molecule has 28 heavy (non-hydrogen) atoms. The lowest BCUT2D eigenvalue weighted by Gasteiger charge is -2.26. The summed E-state index contributed by atoms with van der Waals surface area (Å²) in [6, 6.07) is 10.7. The molecule has 0 spiro atoms. The van der Waals surface area contributed by atoms with Gasteiger partial charge in [-0.2, -0.15) is 0 Å². The second kappa shape index (κ2) is 8.97. The number of hydrogen-bond donors (Lipinski definition) is 1. The molecule has 3 rings (SSSR count). The number of thioether (sulfide) groups is 1. The molecule has 0 saturated carbocycles. The summed E-state index contributed by atoms with van der Waals surface area (Å²) >= 11 is 1.69. The van der Waals surface area contributed by atoms with Crippen LogP contribution in [-0.4, -0.2) is 51.7 Å². The molecular formula is C20H24N2O5S. The molecule has 0 bridgehead atoms. The van der Waals surface area contributed by atoms with Gasteiger partial charge in [-0.1, -0.05) is 0 Å². The molecular weight excluding hydrogens is 380 g/mol. The molecule has 8 heteroatoms. The summed E-state index contributed by atoms with van der Waals surface area (Å²) in [5, 5.41) is 2.79. The fraction of sp³-hybridized carbons (Fsp3) is 0.350. The zero-order valence-electron chi connectivity index (χ0n) is 16.4. The highest BCUT2D eigenvalue weighted by molar-refractivity contribution is 7.99. The van der Waals surface area contributed by atoms with Gasteiger partial charge >= 0.3 is 6.03 Å². The highest BCUT2D eigenvalue weighted by atomic mass is 32.2. The Kier molecular flexibility index (Phi) is 6.41. The minimum absolute atomic E-state index is 0.148. The summed E-state index contributed by atoms with van der Waals surface area (Å²) < 4.78 is 21.4. The van der Waals surface area contributed by atoms with Crippen LogP contribution < -0.4 is 24.3 Å². The van der Waals surface area contributed by atoms with E-state index < -0.39 is 0 Å². The number of carbonyl (C=O) groups excluding carboxylic acids is 1. The van der Waals surface area contributed by atoms with Crippen molar-refractivity contribution in [1.82, 2.24) is 4.90 Å². The van der Waals surface area contributed by atoms with Gasteiger partial charge in [0.05, 0.1) is 34.1 Å². The summed E-state index contributed by atoms with van der Waals surface area (Å²) in [5.74, 6) is 3.44. The van der Waals surface area contributed by atoms with Crippen molar-refractivity contribution < 1.29 is 23.7 Å². The molecule has 1 atom stereocenters. The monoisotopic (exact) mass is 404 g/mol. The number of methoxy groups -OCH3 is 4. The summed E-state index contributed by atoms with van der Waals surface area (Å²) in [4.78, 5) is 14.8. The number of nitrogens with one attached hydrogen (secondary N) is 1. The maximum atomic E-state index is 13.0. The molecule has 150 valence electrons. The predicted molar refractivity (Wildman–Crippen MR) is 110 cm³/mol. The predicted octanol–water partition coefficient (Wildman–Crippen LogP) is 4.00. The Bertz CT molecular complexity index is 845. The molecule has 1 N–H and O–H groups in total. The Balaban J connectivity index is 1.82. The van der Waals surface area contributed by atoms with Crippen molar-refractivity contribution in [3.8, 4) is 23.0 Å². The first-order valence-electron chi connectivity index (χ1n) is 8.74. The maximum absolute atomic E-state index is 13.0. The molecule has 2 aromatic rings. The molecule has 0 radical (unpaired) electrons. The maximum Gasteiger partial charge on any atom is 0.323 e. The molecule has 1 saturated heterocycles. The molecule has 1 fully saturated rings. The minimum atomic E-state index is -0.198. The highest BCUT2D eigenvalue weighted by Crippen LogP contribution is 2.43. The van der Waals surface area contributed by atoms with Crippen molar-refractivity contribution in [2.24, 2.45) is 0 Å². The van der Waals surface area contributed by atoms with Crippen LogP contribution in [0.1, 0.15) is 10.9 Å². The van der Waals surface area contributed by atoms with Gasteiger partial charge in [0.1, 0.15) is 28.4 Å². The molecule has 2 aromatic carbocycles. The van der Waals surface area contributed by atoms with Crippen molar-refractivity contribution >= 4 is 23.5 Å². The lowest BCUT2D eigenvalue weighted by Crippen LogP contribution is -2.34. The molecule has 0 aliphatic carbocycles. The van der Waals surface area contributed by atoms with Crippen molar-refractivity contribution in [3.63, 3.8) is 0 Å². The van der Waals surface area contributed by atoms with Crippen molar-refractivity contribution in [3.05, 3.63) is 42.0 Å². The van der Waals surface area contributed by atoms with E-state index in [4.69, 9.17) is 18.9 Å². The fourth-order valence-corrected chi connectivity index (χ4v) is 4.33. The molecule has 0 aromatic heterocycles. The SMILES string of the molecule is COc1ccc(NC(=O)N2CCSC2c2ccc(OC)cc2OC)c(OC)c1. The number of amides is 2. The van der Waals surface area contributed by atoms with Gasteiger partial charge in [-0.25, -0.2) is 4.79 Å². The zero-order chi connectivity index (χ0) is 20.1. The first-order chi connectivity index (χ1) is 13.6. The van der Waals surface area contributed by atoms with Gasteiger partial charge in [0.15, 0.2) is 0 Å². The fourth-order valence-electron chi connectivity index (χ4n) is 3.05. The molecule has 2 amide bonds. The Hall–Kier alpha value is -2.74. The molecule has 1 heterocycles. The van der Waals surface area contributed by atoms with Crippen LogP contribution in [0, 0.1) is 0 Å². The number of rotatable bonds is 6. The third kappa shape index (κ3) is 4.06. The van der Waals surface area contributed by atoms with Crippen molar-refractivity contribution in [2.75, 3.05) is 46.1 Å². The van der Waals surface area contributed by atoms with Crippen molar-refractivity contribution in [1.29, 1.82) is 0 Å². The van der Waals surface area contributed by atoms with E-state index in [0.29, 0.717) is 35.2 Å². The number of ether oxygens (including phenoxy) is 4. The number of anilines is 1. The van der Waals surface area contributed by atoms with Crippen molar-refractivity contribution in [2.45, 2.75) is 5.37 Å². The van der Waals surface area contributed by atoms with Crippen LogP contribution in [-0.2, 0) is 0 Å². The number of benzene rings is 2. The molecule has 1 unspecified atom stereocenters.